The molecule has 0 aliphatic carbocycles. The molecule has 0 aliphatic heterocycles. The number of halogens is 3. The molecule has 0 atom stereocenters. The highest BCUT2D eigenvalue weighted by Crippen LogP contribution is 2.30. The molecule has 1 aromatic carbocycles. The minimum atomic E-state index is -1.62. The van der Waals surface area contributed by atoms with Gasteiger partial charge in [-0.1, -0.05) is 25.2 Å². The Morgan fingerprint density at radius 2 is 2.00 bits per heavy atom. The monoisotopic (exact) mass is 332 g/mol. The van der Waals surface area contributed by atoms with Crippen molar-refractivity contribution in [2.24, 2.45) is 5.92 Å². The van der Waals surface area contributed by atoms with Crippen molar-refractivity contribution < 1.29 is 27.5 Å². The van der Waals surface area contributed by atoms with E-state index in [0.717, 1.165) is 17.4 Å². The standard InChI is InChI=1S/C13H11F3N2O3S/c1-5(2)12(20)21-4-8(19)17-13-18-11-7(22-13)3-6(14)9(15)10(11)16/h3,5H,4H2,1-2H3,(H,17,18,19). The van der Waals surface area contributed by atoms with Crippen LogP contribution in [0, 0.1) is 23.4 Å². The van der Waals surface area contributed by atoms with E-state index in [9.17, 15) is 22.8 Å². The van der Waals surface area contributed by atoms with Crippen molar-refractivity contribution >= 4 is 38.6 Å². The van der Waals surface area contributed by atoms with Crippen molar-refractivity contribution in [3.8, 4) is 0 Å². The number of amides is 1. The highest BCUT2D eigenvalue weighted by molar-refractivity contribution is 7.22. The molecule has 0 radical (unpaired) electrons. The van der Waals surface area contributed by atoms with Gasteiger partial charge in [0.1, 0.15) is 5.52 Å². The molecule has 22 heavy (non-hydrogen) atoms. The molecule has 2 aromatic rings. The minimum Gasteiger partial charge on any atom is -0.455 e. The number of hydrogen-bond donors (Lipinski definition) is 1. The smallest absolute Gasteiger partial charge is 0.308 e. The number of ether oxygens (including phenoxy) is 1. The number of hydrogen-bond acceptors (Lipinski definition) is 5. The Balaban J connectivity index is 2.11. The fourth-order valence-corrected chi connectivity index (χ4v) is 2.39. The predicted octanol–water partition coefficient (Wildman–Crippen LogP) is 2.85. The first-order valence-electron chi connectivity index (χ1n) is 6.20. The number of nitrogens with zero attached hydrogens (tertiary/aromatic N) is 1. The summed E-state index contributed by atoms with van der Waals surface area (Å²) in [5.74, 6) is -5.99. The van der Waals surface area contributed by atoms with Crippen LogP contribution in [0.15, 0.2) is 6.07 Å². The van der Waals surface area contributed by atoms with E-state index in [-0.39, 0.29) is 21.3 Å². The average Bonchev–Trinajstić information content (AvgIpc) is 2.84. The maximum atomic E-state index is 13.5. The van der Waals surface area contributed by atoms with Crippen LogP contribution < -0.4 is 5.32 Å². The molecule has 0 bridgehead atoms. The zero-order chi connectivity index (χ0) is 16.4. The molecular formula is C13H11F3N2O3S. The van der Waals surface area contributed by atoms with Crippen LogP contribution >= 0.6 is 11.3 Å². The number of nitrogens with one attached hydrogen (secondary N) is 1. The summed E-state index contributed by atoms with van der Waals surface area (Å²) in [5.41, 5.74) is -0.377. The Morgan fingerprint density at radius 1 is 1.32 bits per heavy atom. The molecule has 0 spiro atoms. The van der Waals surface area contributed by atoms with Crippen molar-refractivity contribution in [1.82, 2.24) is 4.98 Å². The maximum Gasteiger partial charge on any atom is 0.308 e. The first kappa shape index (κ1) is 16.2. The zero-order valence-corrected chi connectivity index (χ0v) is 12.4. The minimum absolute atomic E-state index is 0.0471. The van der Waals surface area contributed by atoms with Crippen molar-refractivity contribution in [3.05, 3.63) is 23.5 Å². The largest absolute Gasteiger partial charge is 0.455 e. The topological polar surface area (TPSA) is 68.3 Å². The number of anilines is 1. The van der Waals surface area contributed by atoms with Gasteiger partial charge in [0.15, 0.2) is 29.2 Å². The molecule has 2 rings (SSSR count). The summed E-state index contributed by atoms with van der Waals surface area (Å²) < 4.78 is 44.4. The van der Waals surface area contributed by atoms with Crippen LogP contribution in [0.25, 0.3) is 10.2 Å². The predicted molar refractivity (Wildman–Crippen MR) is 73.9 cm³/mol. The zero-order valence-electron chi connectivity index (χ0n) is 11.6. The third kappa shape index (κ3) is 3.35. The number of benzene rings is 1. The first-order chi connectivity index (χ1) is 10.3. The van der Waals surface area contributed by atoms with Crippen LogP contribution in [-0.2, 0) is 14.3 Å². The van der Waals surface area contributed by atoms with Gasteiger partial charge in [0.25, 0.3) is 5.91 Å². The lowest BCUT2D eigenvalue weighted by Crippen LogP contribution is -2.22. The molecular weight excluding hydrogens is 321 g/mol. The Bertz CT molecular complexity index is 746. The SMILES string of the molecule is CC(C)C(=O)OCC(=O)Nc1nc2c(F)c(F)c(F)cc2s1. The van der Waals surface area contributed by atoms with E-state index < -0.39 is 35.9 Å². The van der Waals surface area contributed by atoms with E-state index in [0.29, 0.717) is 0 Å². The van der Waals surface area contributed by atoms with E-state index in [1.807, 2.05) is 0 Å². The number of rotatable bonds is 4. The second-order valence-electron chi connectivity index (χ2n) is 4.66. The molecule has 1 heterocycles. The summed E-state index contributed by atoms with van der Waals surface area (Å²) in [6, 6.07) is 0.792. The summed E-state index contributed by atoms with van der Waals surface area (Å²) in [5, 5.41) is 2.22. The molecule has 0 aliphatic rings. The lowest BCUT2D eigenvalue weighted by Gasteiger charge is -2.06. The Hall–Kier alpha value is -2.16. The van der Waals surface area contributed by atoms with Crippen LogP contribution in [0.2, 0.25) is 0 Å². The highest BCUT2D eigenvalue weighted by Gasteiger charge is 2.18. The fraction of sp³-hybridized carbons (Fsp3) is 0.308. The van der Waals surface area contributed by atoms with Crippen molar-refractivity contribution in [1.29, 1.82) is 0 Å². The second-order valence-corrected chi connectivity index (χ2v) is 5.69. The van der Waals surface area contributed by atoms with Gasteiger partial charge in [-0.25, -0.2) is 18.2 Å². The number of fused-ring (bicyclic) bond motifs is 1. The van der Waals surface area contributed by atoms with E-state index in [1.54, 1.807) is 13.8 Å². The average molecular weight is 332 g/mol. The summed E-state index contributed by atoms with van der Waals surface area (Å²) in [6.07, 6.45) is 0. The molecule has 0 saturated carbocycles. The molecule has 0 saturated heterocycles. The fourth-order valence-electron chi connectivity index (χ4n) is 1.49. The van der Waals surface area contributed by atoms with Crippen LogP contribution in [-0.4, -0.2) is 23.5 Å². The first-order valence-corrected chi connectivity index (χ1v) is 7.01. The molecule has 5 nitrogen and oxygen atoms in total. The van der Waals surface area contributed by atoms with Crippen LogP contribution in [0.5, 0.6) is 0 Å². The van der Waals surface area contributed by atoms with Gasteiger partial charge in [0.2, 0.25) is 0 Å². The van der Waals surface area contributed by atoms with E-state index in [4.69, 9.17) is 4.74 Å². The maximum absolute atomic E-state index is 13.5. The summed E-state index contributed by atoms with van der Waals surface area (Å²) >= 11 is 0.773. The van der Waals surface area contributed by atoms with Gasteiger partial charge < -0.3 is 4.74 Å². The molecule has 1 aromatic heterocycles. The molecule has 0 fully saturated rings. The van der Waals surface area contributed by atoms with Crippen LogP contribution in [0.3, 0.4) is 0 Å². The van der Waals surface area contributed by atoms with Crippen molar-refractivity contribution in [3.63, 3.8) is 0 Å². The number of aromatic nitrogens is 1. The number of carbonyl (C=O) groups is 2. The Labute approximate surface area is 127 Å². The van der Waals surface area contributed by atoms with E-state index in [1.165, 1.54) is 0 Å². The molecule has 0 unspecified atom stereocenters. The Kier molecular flexibility index (Phi) is 4.65. The van der Waals surface area contributed by atoms with E-state index in [2.05, 4.69) is 10.3 Å². The number of thiazole rings is 1. The second kappa shape index (κ2) is 6.30. The van der Waals surface area contributed by atoms with Gasteiger partial charge in [-0.3, -0.25) is 14.9 Å². The molecule has 118 valence electrons. The number of carbonyl (C=O) groups excluding carboxylic acids is 2. The summed E-state index contributed by atoms with van der Waals surface area (Å²) in [6.45, 7) is 2.69. The van der Waals surface area contributed by atoms with Gasteiger partial charge in [-0.05, 0) is 6.07 Å². The van der Waals surface area contributed by atoms with Gasteiger partial charge >= 0.3 is 5.97 Å². The van der Waals surface area contributed by atoms with Gasteiger partial charge in [-0.15, -0.1) is 0 Å². The van der Waals surface area contributed by atoms with Crippen molar-refractivity contribution in [2.75, 3.05) is 11.9 Å². The highest BCUT2D eigenvalue weighted by atomic mass is 32.1. The van der Waals surface area contributed by atoms with Gasteiger partial charge in [-0.2, -0.15) is 0 Å². The quantitative estimate of drug-likeness (QED) is 0.690. The number of esters is 1. The lowest BCUT2D eigenvalue weighted by atomic mass is 10.2. The van der Waals surface area contributed by atoms with Crippen molar-refractivity contribution in [2.45, 2.75) is 13.8 Å². The van der Waals surface area contributed by atoms with Gasteiger partial charge in [0, 0.05) is 0 Å². The molecule has 1 N–H and O–H groups in total. The van der Waals surface area contributed by atoms with Crippen LogP contribution in [0.4, 0.5) is 18.3 Å². The molecule has 9 heteroatoms. The Morgan fingerprint density at radius 3 is 2.64 bits per heavy atom. The lowest BCUT2D eigenvalue weighted by molar-refractivity contribution is -0.150. The molecule has 1 amide bonds. The summed E-state index contributed by atoms with van der Waals surface area (Å²) in [7, 11) is 0. The van der Waals surface area contributed by atoms with E-state index >= 15 is 0 Å². The normalized spacial score (nSPS) is 11.0. The van der Waals surface area contributed by atoms with Gasteiger partial charge in [0.05, 0.1) is 10.6 Å². The third-order valence-electron chi connectivity index (χ3n) is 2.58. The third-order valence-corrected chi connectivity index (χ3v) is 3.50. The van der Waals surface area contributed by atoms with Crippen LogP contribution in [0.1, 0.15) is 13.8 Å². The summed E-state index contributed by atoms with van der Waals surface area (Å²) in [4.78, 5) is 26.5.